The summed E-state index contributed by atoms with van der Waals surface area (Å²) in [6.45, 7) is 9.18. The monoisotopic (exact) mass is 296 g/mol. The fourth-order valence-corrected chi connectivity index (χ4v) is 1.95. The second-order valence-electron chi connectivity index (χ2n) is 6.33. The highest BCUT2D eigenvalue weighted by Crippen LogP contribution is 2.10. The summed E-state index contributed by atoms with van der Waals surface area (Å²) in [4.78, 5) is 17.7. The second kappa shape index (κ2) is 7.45. The molecule has 0 aliphatic rings. The lowest BCUT2D eigenvalue weighted by atomic mass is 10.2. The Balaban J connectivity index is 2.25. The van der Waals surface area contributed by atoms with Crippen LogP contribution in [0.5, 0.6) is 0 Å². The van der Waals surface area contributed by atoms with Crippen LogP contribution >= 0.6 is 0 Å². The first-order valence-electron chi connectivity index (χ1n) is 7.35. The van der Waals surface area contributed by atoms with Gasteiger partial charge in [0.1, 0.15) is 11.4 Å². The van der Waals surface area contributed by atoms with E-state index >= 15 is 0 Å². The van der Waals surface area contributed by atoms with E-state index in [2.05, 4.69) is 17.2 Å². The van der Waals surface area contributed by atoms with Crippen molar-refractivity contribution < 1.29 is 9.53 Å². The maximum absolute atomic E-state index is 11.8. The molecule has 1 N–H and O–H groups in total. The summed E-state index contributed by atoms with van der Waals surface area (Å²) in [5.74, 6) is 1.01. The van der Waals surface area contributed by atoms with E-state index < -0.39 is 5.60 Å². The summed E-state index contributed by atoms with van der Waals surface area (Å²) < 4.78 is 7.31. The topological polar surface area (TPSA) is 59.4 Å². The van der Waals surface area contributed by atoms with Gasteiger partial charge < -0.3 is 19.5 Å². The van der Waals surface area contributed by atoms with Gasteiger partial charge >= 0.3 is 6.09 Å². The molecule has 0 saturated heterocycles. The van der Waals surface area contributed by atoms with Gasteiger partial charge in [0.25, 0.3) is 0 Å². The largest absolute Gasteiger partial charge is 0.444 e. The molecule has 0 aromatic carbocycles. The smallest absolute Gasteiger partial charge is 0.410 e. The fourth-order valence-electron chi connectivity index (χ4n) is 1.95. The number of nitrogens with zero attached hydrogens (tertiary/aromatic N) is 3. The van der Waals surface area contributed by atoms with Crippen LogP contribution < -0.4 is 5.32 Å². The highest BCUT2D eigenvalue weighted by atomic mass is 16.6. The lowest BCUT2D eigenvalue weighted by molar-refractivity contribution is 0.0297. The number of aryl methyl sites for hydroxylation is 1. The van der Waals surface area contributed by atoms with Crippen LogP contribution in [0, 0.1) is 0 Å². The Bertz CT molecular complexity index is 451. The molecule has 120 valence electrons. The lowest BCUT2D eigenvalue weighted by Gasteiger charge is -2.24. The number of carbonyl (C=O) groups is 1. The zero-order valence-electron chi connectivity index (χ0n) is 14.0. The van der Waals surface area contributed by atoms with Gasteiger partial charge in [0.05, 0.1) is 6.04 Å². The first-order chi connectivity index (χ1) is 9.70. The molecule has 6 nitrogen and oxygen atoms in total. The van der Waals surface area contributed by atoms with Crippen LogP contribution in [0.25, 0.3) is 0 Å². The van der Waals surface area contributed by atoms with E-state index in [0.717, 1.165) is 18.8 Å². The summed E-state index contributed by atoms with van der Waals surface area (Å²) in [5.41, 5.74) is -0.448. The van der Waals surface area contributed by atoms with Crippen LogP contribution in [0.3, 0.4) is 0 Å². The molecule has 0 bridgehead atoms. The van der Waals surface area contributed by atoms with E-state index in [9.17, 15) is 4.79 Å². The minimum absolute atomic E-state index is 0.192. The molecule has 1 atom stereocenters. The highest BCUT2D eigenvalue weighted by molar-refractivity contribution is 5.67. The number of carbonyl (C=O) groups excluding carboxylic acids is 1. The molecule has 0 saturated carbocycles. The molecule has 1 aromatic rings. The summed E-state index contributed by atoms with van der Waals surface area (Å²) in [6.07, 6.45) is 4.32. The van der Waals surface area contributed by atoms with Gasteiger partial charge in [0.15, 0.2) is 0 Å². The summed E-state index contributed by atoms with van der Waals surface area (Å²) in [5, 5.41) is 3.41. The van der Waals surface area contributed by atoms with E-state index in [1.807, 2.05) is 38.6 Å². The molecule has 0 radical (unpaired) electrons. The van der Waals surface area contributed by atoms with E-state index in [-0.39, 0.29) is 12.1 Å². The Hall–Kier alpha value is -1.56. The molecule has 1 rings (SSSR count). The molecule has 1 heterocycles. The molecule has 21 heavy (non-hydrogen) atoms. The Kier molecular flexibility index (Phi) is 6.20. The minimum atomic E-state index is -0.448. The quantitative estimate of drug-likeness (QED) is 0.819. The van der Waals surface area contributed by atoms with Crippen molar-refractivity contribution in [2.45, 2.75) is 45.8 Å². The number of hydrogen-bond donors (Lipinski definition) is 1. The van der Waals surface area contributed by atoms with Gasteiger partial charge in [0, 0.05) is 33.0 Å². The molecule has 0 fully saturated rings. The van der Waals surface area contributed by atoms with E-state index in [0.29, 0.717) is 6.54 Å². The van der Waals surface area contributed by atoms with Crippen molar-refractivity contribution >= 4 is 6.09 Å². The SMILES string of the molecule is CC(NCCCN(C)C(=O)OC(C)(C)C)c1nccn1C. The standard InChI is InChI=1S/C15H28N4O2/c1-12(13-17-9-11-18(13)5)16-8-7-10-19(6)14(20)21-15(2,3)4/h9,11-12,16H,7-8,10H2,1-6H3. The molecule has 0 spiro atoms. The van der Waals surface area contributed by atoms with Crippen molar-refractivity contribution in [3.05, 3.63) is 18.2 Å². The van der Waals surface area contributed by atoms with E-state index in [1.165, 1.54) is 0 Å². The third-order valence-corrected chi connectivity index (χ3v) is 3.07. The van der Waals surface area contributed by atoms with Gasteiger partial charge in [-0.05, 0) is 40.7 Å². The van der Waals surface area contributed by atoms with Crippen molar-refractivity contribution in [1.29, 1.82) is 0 Å². The van der Waals surface area contributed by atoms with Crippen LogP contribution in [0.2, 0.25) is 0 Å². The van der Waals surface area contributed by atoms with Crippen molar-refractivity contribution in [3.8, 4) is 0 Å². The predicted octanol–water partition coefficient (Wildman–Crippen LogP) is 2.33. The molecular formula is C15H28N4O2. The molecule has 0 aliphatic carbocycles. The van der Waals surface area contributed by atoms with Gasteiger partial charge in [-0.25, -0.2) is 9.78 Å². The number of imidazole rings is 1. The van der Waals surface area contributed by atoms with Crippen LogP contribution in [-0.4, -0.2) is 46.3 Å². The summed E-state index contributed by atoms with van der Waals surface area (Å²) >= 11 is 0. The lowest BCUT2D eigenvalue weighted by Crippen LogP contribution is -2.35. The predicted molar refractivity (Wildman–Crippen MR) is 83.1 cm³/mol. The number of hydrogen-bond acceptors (Lipinski definition) is 4. The van der Waals surface area contributed by atoms with Crippen LogP contribution in [0.15, 0.2) is 12.4 Å². The van der Waals surface area contributed by atoms with Crippen molar-refractivity contribution in [3.63, 3.8) is 0 Å². The van der Waals surface area contributed by atoms with Gasteiger partial charge in [-0.3, -0.25) is 0 Å². The third-order valence-electron chi connectivity index (χ3n) is 3.07. The number of ether oxygens (including phenoxy) is 1. The van der Waals surface area contributed by atoms with Gasteiger partial charge in [0.2, 0.25) is 0 Å². The number of nitrogens with one attached hydrogen (secondary N) is 1. The minimum Gasteiger partial charge on any atom is -0.444 e. The maximum atomic E-state index is 11.8. The van der Waals surface area contributed by atoms with E-state index in [1.54, 1.807) is 18.1 Å². The van der Waals surface area contributed by atoms with E-state index in [4.69, 9.17) is 4.74 Å². The second-order valence-corrected chi connectivity index (χ2v) is 6.33. The average molecular weight is 296 g/mol. The number of aromatic nitrogens is 2. The Morgan fingerprint density at radius 3 is 2.71 bits per heavy atom. The van der Waals surface area contributed by atoms with Gasteiger partial charge in [-0.2, -0.15) is 0 Å². The third kappa shape index (κ3) is 6.16. The van der Waals surface area contributed by atoms with Crippen molar-refractivity contribution in [2.24, 2.45) is 7.05 Å². The first kappa shape index (κ1) is 17.5. The zero-order valence-corrected chi connectivity index (χ0v) is 14.0. The molecule has 1 unspecified atom stereocenters. The maximum Gasteiger partial charge on any atom is 0.410 e. The Labute approximate surface area is 127 Å². The zero-order chi connectivity index (χ0) is 16.0. The summed E-state index contributed by atoms with van der Waals surface area (Å²) in [6, 6.07) is 0.192. The van der Waals surface area contributed by atoms with Crippen LogP contribution in [0.4, 0.5) is 4.79 Å². The normalized spacial score (nSPS) is 13.0. The van der Waals surface area contributed by atoms with Crippen molar-refractivity contribution in [1.82, 2.24) is 19.8 Å². The molecule has 6 heteroatoms. The molecule has 0 aliphatic heterocycles. The van der Waals surface area contributed by atoms with Gasteiger partial charge in [-0.15, -0.1) is 0 Å². The molecular weight excluding hydrogens is 268 g/mol. The van der Waals surface area contributed by atoms with Crippen LogP contribution in [0.1, 0.15) is 46.0 Å². The summed E-state index contributed by atoms with van der Waals surface area (Å²) in [7, 11) is 3.74. The van der Waals surface area contributed by atoms with Crippen molar-refractivity contribution in [2.75, 3.05) is 20.1 Å². The molecule has 1 amide bonds. The Morgan fingerprint density at radius 2 is 2.19 bits per heavy atom. The average Bonchev–Trinajstić information content (AvgIpc) is 2.78. The highest BCUT2D eigenvalue weighted by Gasteiger charge is 2.19. The van der Waals surface area contributed by atoms with Gasteiger partial charge in [-0.1, -0.05) is 0 Å². The molecule has 1 aromatic heterocycles. The fraction of sp³-hybridized carbons (Fsp3) is 0.733. The first-order valence-corrected chi connectivity index (χ1v) is 7.35. The Morgan fingerprint density at radius 1 is 1.52 bits per heavy atom. The van der Waals surface area contributed by atoms with Crippen LogP contribution in [-0.2, 0) is 11.8 Å². The number of rotatable bonds is 6. The number of amides is 1.